The van der Waals surface area contributed by atoms with E-state index in [0.717, 1.165) is 30.8 Å². The van der Waals surface area contributed by atoms with Gasteiger partial charge in [0.2, 0.25) is 0 Å². The first kappa shape index (κ1) is 14.8. The third-order valence-electron chi connectivity index (χ3n) is 4.08. The van der Waals surface area contributed by atoms with Crippen LogP contribution in [0, 0.1) is 5.82 Å². The normalized spacial score (nSPS) is 21.8. The quantitative estimate of drug-likeness (QED) is 0.799. The molecule has 0 amide bonds. The fraction of sp³-hybridized carbons (Fsp3) is 0.562. The zero-order valence-electron chi connectivity index (χ0n) is 12.4. The van der Waals surface area contributed by atoms with Gasteiger partial charge in [-0.1, -0.05) is 0 Å². The summed E-state index contributed by atoms with van der Waals surface area (Å²) in [6.07, 6.45) is 2.56. The van der Waals surface area contributed by atoms with Gasteiger partial charge in [0.1, 0.15) is 11.6 Å². The minimum atomic E-state index is -0.253. The lowest BCUT2D eigenvalue weighted by Gasteiger charge is -2.37. The Morgan fingerprint density at radius 3 is 3.00 bits per heavy atom. The standard InChI is InChI=1S/C16H20ClFN2O/c1-16(2)10-12(6-8-21-16)20-14-4-3-11(18)9-13(14)19-15(20)5-7-17/h3-4,9,12H,5-8,10H2,1-2H3. The van der Waals surface area contributed by atoms with Crippen LogP contribution in [0.5, 0.6) is 0 Å². The van der Waals surface area contributed by atoms with E-state index >= 15 is 0 Å². The molecule has 2 heterocycles. The second kappa shape index (κ2) is 5.58. The molecule has 0 radical (unpaired) electrons. The number of hydrogen-bond donors (Lipinski definition) is 0. The number of halogens is 2. The zero-order chi connectivity index (χ0) is 15.0. The Labute approximate surface area is 129 Å². The fourth-order valence-electron chi connectivity index (χ4n) is 3.21. The molecule has 1 fully saturated rings. The van der Waals surface area contributed by atoms with Crippen molar-refractivity contribution in [3.05, 3.63) is 29.8 Å². The van der Waals surface area contributed by atoms with E-state index in [1.165, 1.54) is 12.1 Å². The third kappa shape index (κ3) is 2.92. The number of ether oxygens (including phenoxy) is 1. The molecule has 1 aromatic heterocycles. The highest BCUT2D eigenvalue weighted by molar-refractivity contribution is 6.17. The van der Waals surface area contributed by atoms with Crippen molar-refractivity contribution in [2.75, 3.05) is 12.5 Å². The van der Waals surface area contributed by atoms with Crippen LogP contribution < -0.4 is 0 Å². The molecule has 114 valence electrons. The first-order chi connectivity index (χ1) is 10.00. The molecule has 0 aliphatic carbocycles. The number of imidazole rings is 1. The molecule has 3 nitrogen and oxygen atoms in total. The molecule has 0 saturated carbocycles. The van der Waals surface area contributed by atoms with Gasteiger partial charge in [-0.15, -0.1) is 11.6 Å². The average molecular weight is 311 g/mol. The van der Waals surface area contributed by atoms with Crippen molar-refractivity contribution in [2.24, 2.45) is 0 Å². The molecule has 2 aromatic rings. The predicted molar refractivity (Wildman–Crippen MR) is 82.4 cm³/mol. The predicted octanol–water partition coefficient (Wildman–Crippen LogP) is 4.09. The van der Waals surface area contributed by atoms with Gasteiger partial charge in [-0.25, -0.2) is 9.37 Å². The van der Waals surface area contributed by atoms with Crippen LogP contribution in [0.1, 0.15) is 38.6 Å². The lowest BCUT2D eigenvalue weighted by atomic mass is 9.93. The number of aromatic nitrogens is 2. The van der Waals surface area contributed by atoms with Crippen molar-refractivity contribution in [2.45, 2.75) is 44.8 Å². The molecule has 1 saturated heterocycles. The summed E-state index contributed by atoms with van der Waals surface area (Å²) < 4.78 is 21.5. The molecular formula is C16H20ClFN2O. The number of benzene rings is 1. The van der Waals surface area contributed by atoms with E-state index in [0.29, 0.717) is 23.9 Å². The van der Waals surface area contributed by atoms with Crippen molar-refractivity contribution in [3.8, 4) is 0 Å². The van der Waals surface area contributed by atoms with Gasteiger partial charge < -0.3 is 9.30 Å². The van der Waals surface area contributed by atoms with E-state index in [1.54, 1.807) is 0 Å². The van der Waals surface area contributed by atoms with Crippen LogP contribution in [0.2, 0.25) is 0 Å². The monoisotopic (exact) mass is 310 g/mol. The molecule has 0 N–H and O–H groups in total. The Morgan fingerprint density at radius 1 is 1.48 bits per heavy atom. The molecule has 0 bridgehead atoms. The minimum Gasteiger partial charge on any atom is -0.375 e. The number of aryl methyl sites for hydroxylation is 1. The summed E-state index contributed by atoms with van der Waals surface area (Å²) in [7, 11) is 0. The van der Waals surface area contributed by atoms with Crippen LogP contribution in [0.15, 0.2) is 18.2 Å². The Morgan fingerprint density at radius 2 is 2.29 bits per heavy atom. The van der Waals surface area contributed by atoms with E-state index in [2.05, 4.69) is 23.4 Å². The van der Waals surface area contributed by atoms with Crippen molar-refractivity contribution in [1.82, 2.24) is 9.55 Å². The largest absolute Gasteiger partial charge is 0.375 e. The third-order valence-corrected chi connectivity index (χ3v) is 4.27. The van der Waals surface area contributed by atoms with Crippen molar-refractivity contribution < 1.29 is 9.13 Å². The summed E-state index contributed by atoms with van der Waals surface area (Å²) in [5.41, 5.74) is 1.55. The highest BCUT2D eigenvalue weighted by atomic mass is 35.5. The van der Waals surface area contributed by atoms with Crippen molar-refractivity contribution in [3.63, 3.8) is 0 Å². The number of rotatable bonds is 3. The molecule has 5 heteroatoms. The molecule has 1 aliphatic heterocycles. The van der Waals surface area contributed by atoms with Gasteiger partial charge in [0.25, 0.3) is 0 Å². The van der Waals surface area contributed by atoms with Gasteiger partial charge in [-0.05, 0) is 38.8 Å². The maximum atomic E-state index is 13.4. The molecular weight excluding hydrogens is 291 g/mol. The average Bonchev–Trinajstić information content (AvgIpc) is 2.75. The van der Waals surface area contributed by atoms with Crippen LogP contribution in [-0.2, 0) is 11.2 Å². The van der Waals surface area contributed by atoms with Crippen molar-refractivity contribution in [1.29, 1.82) is 0 Å². The van der Waals surface area contributed by atoms with Crippen LogP contribution in [0.25, 0.3) is 11.0 Å². The number of fused-ring (bicyclic) bond motifs is 1. The van der Waals surface area contributed by atoms with Crippen molar-refractivity contribution >= 4 is 22.6 Å². The number of hydrogen-bond acceptors (Lipinski definition) is 2. The van der Waals surface area contributed by atoms with Crippen LogP contribution >= 0.6 is 11.6 Å². The van der Waals surface area contributed by atoms with Gasteiger partial charge in [-0.2, -0.15) is 0 Å². The van der Waals surface area contributed by atoms with E-state index in [1.807, 2.05) is 6.07 Å². The number of alkyl halides is 1. The molecule has 1 atom stereocenters. The van der Waals surface area contributed by atoms with Crippen LogP contribution in [0.3, 0.4) is 0 Å². The second-order valence-electron chi connectivity index (χ2n) is 6.22. The highest BCUT2D eigenvalue weighted by Crippen LogP contribution is 2.35. The highest BCUT2D eigenvalue weighted by Gasteiger charge is 2.31. The maximum absolute atomic E-state index is 13.4. The number of nitrogens with zero attached hydrogens (tertiary/aromatic N) is 2. The smallest absolute Gasteiger partial charge is 0.125 e. The van der Waals surface area contributed by atoms with Gasteiger partial charge in [0.15, 0.2) is 0 Å². The Balaban J connectivity index is 2.08. The van der Waals surface area contributed by atoms with Gasteiger partial charge in [-0.3, -0.25) is 0 Å². The lowest BCUT2D eigenvalue weighted by Crippen LogP contribution is -2.35. The summed E-state index contributed by atoms with van der Waals surface area (Å²) in [6, 6.07) is 5.13. The summed E-state index contributed by atoms with van der Waals surface area (Å²) >= 11 is 5.91. The minimum absolute atomic E-state index is 0.141. The molecule has 1 aliphatic rings. The van der Waals surface area contributed by atoms with E-state index in [9.17, 15) is 4.39 Å². The second-order valence-corrected chi connectivity index (χ2v) is 6.60. The Bertz CT molecular complexity index is 653. The first-order valence-corrected chi connectivity index (χ1v) is 7.90. The van der Waals surface area contributed by atoms with E-state index < -0.39 is 0 Å². The zero-order valence-corrected chi connectivity index (χ0v) is 13.2. The molecule has 1 aromatic carbocycles. The summed E-state index contributed by atoms with van der Waals surface area (Å²) in [5.74, 6) is 1.20. The fourth-order valence-corrected chi connectivity index (χ4v) is 3.38. The van der Waals surface area contributed by atoms with Gasteiger partial charge >= 0.3 is 0 Å². The summed E-state index contributed by atoms with van der Waals surface area (Å²) in [6.45, 7) is 4.96. The topological polar surface area (TPSA) is 27.1 Å². The summed E-state index contributed by atoms with van der Waals surface area (Å²) in [4.78, 5) is 4.58. The Hall–Kier alpha value is -1.13. The lowest BCUT2D eigenvalue weighted by molar-refractivity contribution is -0.0688. The molecule has 0 spiro atoms. The van der Waals surface area contributed by atoms with Gasteiger partial charge in [0.05, 0.1) is 16.6 Å². The van der Waals surface area contributed by atoms with Gasteiger partial charge in [0, 0.05) is 31.0 Å². The Kier molecular flexibility index (Phi) is 3.93. The van der Waals surface area contributed by atoms with E-state index in [-0.39, 0.29) is 11.4 Å². The summed E-state index contributed by atoms with van der Waals surface area (Å²) in [5, 5.41) is 0. The molecule has 21 heavy (non-hydrogen) atoms. The molecule has 1 unspecified atom stereocenters. The molecule has 3 rings (SSSR count). The maximum Gasteiger partial charge on any atom is 0.125 e. The van der Waals surface area contributed by atoms with Crippen LogP contribution in [-0.4, -0.2) is 27.6 Å². The SMILES string of the molecule is CC1(C)CC(n2c(CCCl)nc3cc(F)ccc32)CCO1. The van der Waals surface area contributed by atoms with E-state index in [4.69, 9.17) is 16.3 Å². The van der Waals surface area contributed by atoms with Crippen LogP contribution in [0.4, 0.5) is 4.39 Å². The first-order valence-electron chi connectivity index (χ1n) is 7.36.